The van der Waals surface area contributed by atoms with Crippen molar-refractivity contribution in [1.29, 1.82) is 0 Å². The second-order valence-corrected chi connectivity index (χ2v) is 6.37. The molecule has 0 spiro atoms. The molecule has 0 radical (unpaired) electrons. The highest BCUT2D eigenvalue weighted by atomic mass is 16.7. The number of hydrogen-bond acceptors (Lipinski definition) is 4. The van der Waals surface area contributed by atoms with Crippen LogP contribution in [0.2, 0.25) is 0 Å². The van der Waals surface area contributed by atoms with Crippen LogP contribution in [0.15, 0.2) is 48.7 Å². The molecule has 0 aliphatic carbocycles. The number of fused-ring (bicyclic) bond motifs is 2. The first-order chi connectivity index (χ1) is 12.7. The highest BCUT2D eigenvalue weighted by molar-refractivity contribution is 5.84. The minimum absolute atomic E-state index is 0.287. The fraction of sp³-hybridized carbons (Fsp3) is 0.250. The van der Waals surface area contributed by atoms with Gasteiger partial charge in [-0.15, -0.1) is 0 Å². The first-order valence-electron chi connectivity index (χ1n) is 8.65. The van der Waals surface area contributed by atoms with Gasteiger partial charge in [0.25, 0.3) is 0 Å². The number of aromatic nitrogens is 1. The van der Waals surface area contributed by atoms with Gasteiger partial charge in [-0.1, -0.05) is 24.3 Å². The Balaban J connectivity index is 1.46. The van der Waals surface area contributed by atoms with Gasteiger partial charge >= 0.3 is 0 Å². The van der Waals surface area contributed by atoms with Crippen molar-refractivity contribution in [2.45, 2.75) is 26.1 Å². The molecule has 0 saturated carbocycles. The monoisotopic (exact) mass is 351 g/mol. The molecule has 0 bridgehead atoms. The quantitative estimate of drug-likeness (QED) is 0.686. The topological polar surface area (TPSA) is 78.5 Å². The summed E-state index contributed by atoms with van der Waals surface area (Å²) in [4.78, 5) is 11.1. The average molecular weight is 351 g/mol. The number of ether oxygens (including phenoxy) is 2. The smallest absolute Gasteiger partial charge is 0.231 e. The van der Waals surface area contributed by atoms with E-state index in [2.05, 4.69) is 28.2 Å². The molecule has 1 aliphatic rings. The zero-order valence-electron chi connectivity index (χ0n) is 14.4. The number of amides is 1. The van der Waals surface area contributed by atoms with Gasteiger partial charge < -0.3 is 25.1 Å². The molecule has 1 aliphatic heterocycles. The molecular formula is C20H21N3O3. The standard InChI is InChI=1S/C20H21N3O3/c21-20(24)7-8-23-12-15(16-3-1-2-4-17(16)23)11-22-10-14-5-6-18-19(9-14)26-13-25-18/h1-6,9,12,22H,7-8,10-11,13H2,(H2,21,24). The van der Waals surface area contributed by atoms with Crippen LogP contribution >= 0.6 is 0 Å². The van der Waals surface area contributed by atoms with E-state index in [0.29, 0.717) is 13.0 Å². The summed E-state index contributed by atoms with van der Waals surface area (Å²) in [6.45, 7) is 2.35. The van der Waals surface area contributed by atoms with Gasteiger partial charge in [0, 0.05) is 43.2 Å². The molecule has 2 aromatic carbocycles. The van der Waals surface area contributed by atoms with Crippen LogP contribution in [0.25, 0.3) is 10.9 Å². The number of carbonyl (C=O) groups excluding carboxylic acids is 1. The first kappa shape index (κ1) is 16.5. The van der Waals surface area contributed by atoms with Gasteiger partial charge in [0.15, 0.2) is 11.5 Å². The van der Waals surface area contributed by atoms with E-state index < -0.39 is 0 Å². The summed E-state index contributed by atoms with van der Waals surface area (Å²) >= 11 is 0. The van der Waals surface area contributed by atoms with Gasteiger partial charge in [0.1, 0.15) is 0 Å². The van der Waals surface area contributed by atoms with E-state index in [0.717, 1.165) is 35.7 Å². The molecule has 0 atom stereocenters. The van der Waals surface area contributed by atoms with Crippen molar-refractivity contribution in [1.82, 2.24) is 9.88 Å². The van der Waals surface area contributed by atoms with Gasteiger partial charge in [-0.25, -0.2) is 0 Å². The molecular weight excluding hydrogens is 330 g/mol. The number of carbonyl (C=O) groups is 1. The lowest BCUT2D eigenvalue weighted by Crippen LogP contribution is -2.14. The number of para-hydroxylation sites is 1. The maximum Gasteiger partial charge on any atom is 0.231 e. The third kappa shape index (κ3) is 3.36. The number of nitrogens with zero attached hydrogens (tertiary/aromatic N) is 1. The molecule has 0 fully saturated rings. The lowest BCUT2D eigenvalue weighted by molar-refractivity contribution is -0.118. The van der Waals surface area contributed by atoms with Crippen LogP contribution in [0.1, 0.15) is 17.5 Å². The minimum Gasteiger partial charge on any atom is -0.454 e. The number of nitrogens with two attached hydrogens (primary N) is 1. The summed E-state index contributed by atoms with van der Waals surface area (Å²) < 4.78 is 12.9. The Labute approximate surface area is 151 Å². The van der Waals surface area contributed by atoms with E-state index in [4.69, 9.17) is 15.2 Å². The Bertz CT molecular complexity index is 949. The van der Waals surface area contributed by atoms with Crippen molar-refractivity contribution in [3.05, 3.63) is 59.8 Å². The van der Waals surface area contributed by atoms with Crippen LogP contribution in [0.5, 0.6) is 11.5 Å². The van der Waals surface area contributed by atoms with Crippen molar-refractivity contribution in [2.24, 2.45) is 5.73 Å². The van der Waals surface area contributed by atoms with Crippen molar-refractivity contribution in [2.75, 3.05) is 6.79 Å². The number of rotatable bonds is 7. The number of aryl methyl sites for hydroxylation is 1. The molecule has 134 valence electrons. The van der Waals surface area contributed by atoms with Gasteiger partial charge in [-0.2, -0.15) is 0 Å². The number of primary amides is 1. The lowest BCUT2D eigenvalue weighted by Gasteiger charge is -2.05. The molecule has 3 N–H and O–H groups in total. The van der Waals surface area contributed by atoms with Crippen LogP contribution < -0.4 is 20.5 Å². The lowest BCUT2D eigenvalue weighted by atomic mass is 10.1. The van der Waals surface area contributed by atoms with Crippen LogP contribution in [-0.4, -0.2) is 17.3 Å². The normalized spacial score (nSPS) is 12.6. The number of nitrogens with one attached hydrogen (secondary N) is 1. The summed E-state index contributed by atoms with van der Waals surface area (Å²) in [5.74, 6) is 1.31. The Hall–Kier alpha value is -2.99. The van der Waals surface area contributed by atoms with Crippen LogP contribution in [0.4, 0.5) is 0 Å². The zero-order chi connectivity index (χ0) is 17.9. The minimum atomic E-state index is -0.287. The number of benzene rings is 2. The van der Waals surface area contributed by atoms with Crippen LogP contribution in [0, 0.1) is 0 Å². The van der Waals surface area contributed by atoms with E-state index >= 15 is 0 Å². The third-order valence-electron chi connectivity index (χ3n) is 4.55. The van der Waals surface area contributed by atoms with Crippen molar-refractivity contribution in [3.8, 4) is 11.5 Å². The van der Waals surface area contributed by atoms with Crippen molar-refractivity contribution in [3.63, 3.8) is 0 Å². The summed E-state index contributed by atoms with van der Waals surface area (Å²) in [6, 6.07) is 14.2. The molecule has 0 saturated heterocycles. The molecule has 1 amide bonds. The summed E-state index contributed by atoms with van der Waals surface area (Å²) in [6.07, 6.45) is 2.43. The Kier molecular flexibility index (Phi) is 4.50. The first-order valence-corrected chi connectivity index (χ1v) is 8.65. The molecule has 0 unspecified atom stereocenters. The maximum absolute atomic E-state index is 11.1. The molecule has 2 heterocycles. The number of hydrogen-bond donors (Lipinski definition) is 2. The maximum atomic E-state index is 11.1. The molecule has 6 heteroatoms. The van der Waals surface area contributed by atoms with Crippen LogP contribution in [0.3, 0.4) is 0 Å². The van der Waals surface area contributed by atoms with Gasteiger partial charge in [0.05, 0.1) is 0 Å². The molecule has 4 rings (SSSR count). The SMILES string of the molecule is NC(=O)CCn1cc(CNCc2ccc3c(c2)OCO3)c2ccccc21. The highest BCUT2D eigenvalue weighted by Gasteiger charge is 2.13. The summed E-state index contributed by atoms with van der Waals surface area (Å²) in [7, 11) is 0. The van der Waals surface area contributed by atoms with Gasteiger partial charge in [-0.3, -0.25) is 4.79 Å². The Morgan fingerprint density at radius 2 is 1.96 bits per heavy atom. The predicted molar refractivity (Wildman–Crippen MR) is 98.9 cm³/mol. The largest absolute Gasteiger partial charge is 0.454 e. The average Bonchev–Trinajstić information content (AvgIpc) is 3.24. The van der Waals surface area contributed by atoms with E-state index in [9.17, 15) is 4.79 Å². The van der Waals surface area contributed by atoms with E-state index in [1.807, 2.05) is 30.3 Å². The second-order valence-electron chi connectivity index (χ2n) is 6.37. The molecule has 26 heavy (non-hydrogen) atoms. The van der Waals surface area contributed by atoms with Crippen molar-refractivity contribution < 1.29 is 14.3 Å². The summed E-state index contributed by atoms with van der Waals surface area (Å²) in [5, 5.41) is 4.67. The van der Waals surface area contributed by atoms with E-state index in [1.165, 1.54) is 10.9 Å². The molecule has 1 aromatic heterocycles. The fourth-order valence-electron chi connectivity index (χ4n) is 3.27. The third-order valence-corrected chi connectivity index (χ3v) is 4.55. The predicted octanol–water partition coefficient (Wildman–Crippen LogP) is 2.54. The van der Waals surface area contributed by atoms with Crippen molar-refractivity contribution >= 4 is 16.8 Å². The summed E-state index contributed by atoms with van der Waals surface area (Å²) in [5.41, 5.74) is 8.75. The zero-order valence-corrected chi connectivity index (χ0v) is 14.4. The van der Waals surface area contributed by atoms with Gasteiger partial charge in [0.2, 0.25) is 12.7 Å². The van der Waals surface area contributed by atoms with Crippen LogP contribution in [-0.2, 0) is 24.4 Å². The fourth-order valence-corrected chi connectivity index (χ4v) is 3.27. The van der Waals surface area contributed by atoms with E-state index in [-0.39, 0.29) is 12.7 Å². The molecule has 6 nitrogen and oxygen atoms in total. The van der Waals surface area contributed by atoms with Gasteiger partial charge in [-0.05, 0) is 29.3 Å². The molecule has 3 aromatic rings. The Morgan fingerprint density at radius 3 is 2.85 bits per heavy atom. The van der Waals surface area contributed by atoms with E-state index in [1.54, 1.807) is 0 Å². The highest BCUT2D eigenvalue weighted by Crippen LogP contribution is 2.32. The second kappa shape index (κ2) is 7.09. The Morgan fingerprint density at radius 1 is 1.12 bits per heavy atom.